The van der Waals surface area contributed by atoms with E-state index in [4.69, 9.17) is 10.5 Å². The van der Waals surface area contributed by atoms with Crippen LogP contribution in [0.2, 0.25) is 0 Å². The van der Waals surface area contributed by atoms with E-state index < -0.39 is 5.92 Å². The maximum Gasteiger partial charge on any atom is 0.205 e. The van der Waals surface area contributed by atoms with Crippen molar-refractivity contribution >= 4 is 0 Å². The van der Waals surface area contributed by atoms with Crippen molar-refractivity contribution in [1.29, 1.82) is 5.26 Å². The molecule has 4 rings (SSSR count). The highest BCUT2D eigenvalue weighted by Gasteiger charge is 2.39. The first-order valence-corrected chi connectivity index (χ1v) is 10.2. The molecule has 2 heterocycles. The first-order chi connectivity index (χ1) is 14.9. The second-order valence-corrected chi connectivity index (χ2v) is 8.21. The highest BCUT2D eigenvalue weighted by Crippen LogP contribution is 2.41. The van der Waals surface area contributed by atoms with Gasteiger partial charge in [-0.25, -0.2) is 8.78 Å². The minimum atomic E-state index is -0.403. The van der Waals surface area contributed by atoms with Crippen molar-refractivity contribution in [3.63, 3.8) is 0 Å². The molecule has 158 valence electrons. The summed E-state index contributed by atoms with van der Waals surface area (Å²) in [7, 11) is 0. The van der Waals surface area contributed by atoms with E-state index >= 15 is 0 Å². The van der Waals surface area contributed by atoms with Gasteiger partial charge in [0.15, 0.2) is 0 Å². The Hall–Kier alpha value is -3.43. The Morgan fingerprint density at radius 1 is 1.10 bits per heavy atom. The van der Waals surface area contributed by atoms with Crippen molar-refractivity contribution in [2.75, 3.05) is 6.54 Å². The predicted molar refractivity (Wildman–Crippen MR) is 113 cm³/mol. The summed E-state index contributed by atoms with van der Waals surface area (Å²) in [5.74, 6) is -0.310. The summed E-state index contributed by atoms with van der Waals surface area (Å²) in [4.78, 5) is 1.21. The van der Waals surface area contributed by atoms with Gasteiger partial charge < -0.3 is 15.4 Å². The van der Waals surface area contributed by atoms with E-state index in [2.05, 4.69) is 26.1 Å². The highest BCUT2D eigenvalue weighted by atomic mass is 19.1. The first-order valence-electron chi connectivity index (χ1n) is 10.2. The number of nitrogens with two attached hydrogens (primary N) is 1. The molecule has 3 N–H and O–H groups in total. The van der Waals surface area contributed by atoms with E-state index in [0.717, 1.165) is 22.3 Å². The molecule has 0 saturated carbocycles. The Labute approximate surface area is 180 Å². The van der Waals surface area contributed by atoms with Crippen molar-refractivity contribution in [2.45, 2.75) is 32.2 Å². The molecule has 0 radical (unpaired) electrons. The number of nitriles is 1. The molecule has 0 aliphatic carbocycles. The van der Waals surface area contributed by atoms with Crippen LogP contribution in [-0.2, 0) is 11.2 Å². The summed E-state index contributed by atoms with van der Waals surface area (Å²) >= 11 is 0. The van der Waals surface area contributed by atoms with Gasteiger partial charge in [0.1, 0.15) is 41.8 Å². The third kappa shape index (κ3) is 4.10. The van der Waals surface area contributed by atoms with Gasteiger partial charge in [-0.2, -0.15) is 5.26 Å². The topological polar surface area (TPSA) is 63.5 Å². The number of nitrogens with zero attached hydrogens (tertiary/aromatic N) is 1. The number of benzene rings is 2. The molecular weight excluding hydrogens is 396 g/mol. The van der Waals surface area contributed by atoms with E-state index in [1.54, 1.807) is 24.3 Å². The fourth-order valence-corrected chi connectivity index (χ4v) is 4.16. The van der Waals surface area contributed by atoms with Gasteiger partial charge in [-0.1, -0.05) is 24.3 Å². The molecule has 2 aliphatic heterocycles. The Morgan fingerprint density at radius 2 is 1.71 bits per heavy atom. The zero-order valence-electron chi connectivity index (χ0n) is 17.5. The van der Waals surface area contributed by atoms with Crippen molar-refractivity contribution in [3.8, 4) is 6.07 Å². The average Bonchev–Trinajstić information content (AvgIpc) is 2.75. The normalized spacial score (nSPS) is 20.8. The van der Waals surface area contributed by atoms with Crippen molar-refractivity contribution in [2.24, 2.45) is 5.73 Å². The monoisotopic (exact) mass is 420 g/mol. The summed E-state index contributed by atoms with van der Waals surface area (Å²) in [6.07, 6.45) is 2.67. The lowest BCUT2D eigenvalue weighted by Gasteiger charge is -2.35. The van der Waals surface area contributed by atoms with Gasteiger partial charge in [0, 0.05) is 12.0 Å². The SMILES string of the molecule is CC(C)[NH+]1C=C(Cc2ccc(F)cc2)C2=C(C1)[C@H](c1ccc(F)cc1)C(C#N)=C(N)O2. The number of ether oxygens (including phenoxy) is 1. The zero-order valence-corrected chi connectivity index (χ0v) is 17.5. The van der Waals surface area contributed by atoms with Crippen LogP contribution in [0.1, 0.15) is 30.9 Å². The van der Waals surface area contributed by atoms with Crippen LogP contribution in [-0.4, -0.2) is 12.6 Å². The van der Waals surface area contributed by atoms with Gasteiger partial charge in [0.2, 0.25) is 5.88 Å². The third-order valence-electron chi connectivity index (χ3n) is 5.83. The molecule has 0 saturated heterocycles. The Balaban J connectivity index is 1.82. The average molecular weight is 420 g/mol. The van der Waals surface area contributed by atoms with Crippen LogP contribution in [0.5, 0.6) is 0 Å². The molecule has 0 amide bonds. The molecule has 31 heavy (non-hydrogen) atoms. The maximum atomic E-state index is 13.6. The highest BCUT2D eigenvalue weighted by molar-refractivity contribution is 5.53. The van der Waals surface area contributed by atoms with Crippen molar-refractivity contribution in [3.05, 3.63) is 106 Å². The summed E-state index contributed by atoms with van der Waals surface area (Å²) in [6, 6.07) is 15.0. The molecule has 1 unspecified atom stereocenters. The second-order valence-electron chi connectivity index (χ2n) is 8.21. The van der Waals surface area contributed by atoms with Crippen LogP contribution < -0.4 is 10.6 Å². The van der Waals surface area contributed by atoms with Crippen molar-refractivity contribution < 1.29 is 18.4 Å². The van der Waals surface area contributed by atoms with Crippen molar-refractivity contribution in [1.82, 2.24) is 0 Å². The summed E-state index contributed by atoms with van der Waals surface area (Å²) < 4.78 is 32.9. The van der Waals surface area contributed by atoms with Gasteiger partial charge in [0.25, 0.3) is 0 Å². The second kappa shape index (κ2) is 8.37. The van der Waals surface area contributed by atoms with Crippen LogP contribution >= 0.6 is 0 Å². The van der Waals surface area contributed by atoms with Crippen LogP contribution in [0.25, 0.3) is 0 Å². The molecule has 2 aromatic rings. The number of allylic oxidation sites excluding steroid dienone is 2. The molecule has 0 spiro atoms. The zero-order chi connectivity index (χ0) is 22.1. The molecular formula is C25H24F2N3O+. The molecule has 2 aromatic carbocycles. The van der Waals surface area contributed by atoms with E-state index in [9.17, 15) is 14.0 Å². The van der Waals surface area contributed by atoms with E-state index in [1.165, 1.54) is 29.2 Å². The van der Waals surface area contributed by atoms with Gasteiger partial charge in [-0.05, 0) is 49.2 Å². The lowest BCUT2D eigenvalue weighted by Crippen LogP contribution is -3.11. The Kier molecular flexibility index (Phi) is 5.62. The van der Waals surface area contributed by atoms with E-state index in [0.29, 0.717) is 30.3 Å². The van der Waals surface area contributed by atoms with E-state index in [-0.39, 0.29) is 17.5 Å². The third-order valence-corrected chi connectivity index (χ3v) is 5.83. The fraction of sp³-hybridized carbons (Fsp3) is 0.240. The molecule has 0 fully saturated rings. The standard InChI is InChI=1S/C25H23F2N3O/c1-15(2)30-13-18(11-16-3-7-19(26)8-4-16)24-22(14-30)23(21(12-28)25(29)31-24)17-5-9-20(27)10-6-17/h3-10,13,15,23H,11,14,29H2,1-2H3/p+1/t23-/m1/s1. The van der Waals surface area contributed by atoms with Gasteiger partial charge in [-0.15, -0.1) is 0 Å². The molecule has 2 atom stereocenters. The molecule has 0 aromatic heterocycles. The Morgan fingerprint density at radius 3 is 2.29 bits per heavy atom. The van der Waals surface area contributed by atoms with Crippen LogP contribution in [0.15, 0.2) is 83.1 Å². The molecule has 6 heteroatoms. The maximum absolute atomic E-state index is 13.6. The molecule has 0 bridgehead atoms. The largest absolute Gasteiger partial charge is 0.440 e. The summed E-state index contributed by atoms with van der Waals surface area (Å²) in [5, 5.41) is 9.82. The quantitative estimate of drug-likeness (QED) is 0.796. The summed E-state index contributed by atoms with van der Waals surface area (Å²) in [5.41, 5.74) is 10.1. The fourth-order valence-electron chi connectivity index (χ4n) is 4.16. The van der Waals surface area contributed by atoms with E-state index in [1.807, 2.05) is 0 Å². The number of halogens is 2. The van der Waals surface area contributed by atoms with Gasteiger partial charge in [0.05, 0.1) is 17.5 Å². The molecule has 4 nitrogen and oxygen atoms in total. The van der Waals surface area contributed by atoms with Crippen LogP contribution in [0.4, 0.5) is 8.78 Å². The number of hydrogen-bond acceptors (Lipinski definition) is 3. The van der Waals surface area contributed by atoms with Crippen LogP contribution in [0, 0.1) is 23.0 Å². The number of nitrogens with one attached hydrogen (secondary N) is 1. The predicted octanol–water partition coefficient (Wildman–Crippen LogP) is 3.46. The minimum absolute atomic E-state index is 0.0635. The van der Waals surface area contributed by atoms with Gasteiger partial charge in [-0.3, -0.25) is 0 Å². The summed E-state index contributed by atoms with van der Waals surface area (Å²) in [6.45, 7) is 4.89. The smallest absolute Gasteiger partial charge is 0.205 e. The number of rotatable bonds is 4. The number of hydrogen-bond donors (Lipinski definition) is 2. The lowest BCUT2D eigenvalue weighted by molar-refractivity contribution is -0.866. The van der Waals surface area contributed by atoms with Gasteiger partial charge >= 0.3 is 0 Å². The lowest BCUT2D eigenvalue weighted by atomic mass is 9.80. The minimum Gasteiger partial charge on any atom is -0.440 e. The first kappa shape index (κ1) is 20.8. The molecule has 2 aliphatic rings. The number of quaternary nitrogens is 1. The Bertz CT molecular complexity index is 1120. The van der Waals surface area contributed by atoms with Crippen LogP contribution in [0.3, 0.4) is 0 Å².